The minimum atomic E-state index is -0.711. The van der Waals surface area contributed by atoms with Gasteiger partial charge in [-0.2, -0.15) is 0 Å². The zero-order valence-electron chi connectivity index (χ0n) is 19.3. The van der Waals surface area contributed by atoms with Gasteiger partial charge in [-0.1, -0.05) is 18.7 Å². The van der Waals surface area contributed by atoms with Crippen LogP contribution in [0.25, 0.3) is 11.0 Å². The molecule has 3 aromatic rings. The number of ether oxygens (including phenoxy) is 3. The van der Waals surface area contributed by atoms with Crippen molar-refractivity contribution in [1.29, 1.82) is 0 Å². The Balaban J connectivity index is 2.12. The van der Waals surface area contributed by atoms with Crippen LogP contribution in [0.5, 0.6) is 23.0 Å². The molecule has 2 aromatic carbocycles. The van der Waals surface area contributed by atoms with Crippen LogP contribution in [-0.4, -0.2) is 30.6 Å². The molecule has 0 saturated heterocycles. The normalized spacial score (nSPS) is 14.9. The number of Topliss-reactive ketones (excluding diaryl/α,β-unsaturated/α-hetero) is 1. The Kier molecular flexibility index (Phi) is 5.91. The topological polar surface area (TPSA) is 112 Å². The first-order valence-corrected chi connectivity index (χ1v) is 10.6. The van der Waals surface area contributed by atoms with Gasteiger partial charge in [0, 0.05) is 23.1 Å². The van der Waals surface area contributed by atoms with Crippen LogP contribution in [0.4, 0.5) is 0 Å². The molecule has 176 valence electrons. The Bertz CT molecular complexity index is 1410. The molecule has 1 aliphatic rings. The van der Waals surface area contributed by atoms with Gasteiger partial charge in [0.15, 0.2) is 23.0 Å². The van der Waals surface area contributed by atoms with Crippen molar-refractivity contribution in [2.24, 2.45) is 0 Å². The van der Waals surface area contributed by atoms with Crippen LogP contribution in [0.15, 0.2) is 45.6 Å². The van der Waals surface area contributed by atoms with E-state index in [1.54, 1.807) is 25.1 Å². The number of aromatic hydroxyl groups is 1. The summed E-state index contributed by atoms with van der Waals surface area (Å²) in [5, 5.41) is 11.2. The van der Waals surface area contributed by atoms with E-state index in [0.717, 1.165) is 5.57 Å². The highest BCUT2D eigenvalue weighted by atomic mass is 16.5. The summed E-state index contributed by atoms with van der Waals surface area (Å²) in [5.41, 5.74) is 1.35. The van der Waals surface area contributed by atoms with Crippen molar-refractivity contribution in [1.82, 2.24) is 0 Å². The fraction of sp³-hybridized carbons (Fsp3) is 0.269. The molecule has 4 rings (SSSR count). The summed E-state index contributed by atoms with van der Waals surface area (Å²) in [6.45, 7) is 8.78. The molecule has 0 saturated carbocycles. The van der Waals surface area contributed by atoms with E-state index in [9.17, 15) is 19.5 Å². The zero-order chi connectivity index (χ0) is 24.7. The molecule has 34 heavy (non-hydrogen) atoms. The van der Waals surface area contributed by atoms with E-state index in [0.29, 0.717) is 28.2 Å². The minimum Gasteiger partial charge on any atom is -0.506 e. The highest BCUT2D eigenvalue weighted by Crippen LogP contribution is 2.51. The summed E-state index contributed by atoms with van der Waals surface area (Å²) in [5.74, 6) is -1.52. The van der Waals surface area contributed by atoms with Crippen LogP contribution < -0.4 is 19.8 Å². The van der Waals surface area contributed by atoms with Gasteiger partial charge in [-0.3, -0.25) is 9.59 Å². The summed E-state index contributed by atoms with van der Waals surface area (Å²) >= 11 is 0. The lowest BCUT2D eigenvalue weighted by atomic mass is 9.82. The molecule has 8 heteroatoms. The van der Waals surface area contributed by atoms with E-state index in [-0.39, 0.29) is 35.3 Å². The monoisotopic (exact) mass is 464 g/mol. The number of esters is 1. The third-order valence-electron chi connectivity index (χ3n) is 5.70. The zero-order valence-corrected chi connectivity index (χ0v) is 19.3. The predicted molar refractivity (Wildman–Crippen MR) is 124 cm³/mol. The van der Waals surface area contributed by atoms with Crippen molar-refractivity contribution in [2.75, 3.05) is 13.7 Å². The average Bonchev–Trinajstić information content (AvgIpc) is 2.75. The molecule has 0 radical (unpaired) electrons. The maximum Gasteiger partial charge on any atom is 0.336 e. The first-order chi connectivity index (χ1) is 16.1. The predicted octanol–water partition coefficient (Wildman–Crippen LogP) is 4.41. The Morgan fingerprint density at radius 1 is 1.26 bits per heavy atom. The summed E-state index contributed by atoms with van der Waals surface area (Å²) in [4.78, 5) is 37.6. The Labute approximate surface area is 195 Å². The van der Waals surface area contributed by atoms with E-state index in [1.165, 1.54) is 20.1 Å². The molecule has 8 nitrogen and oxygen atoms in total. The number of phenolic OH excluding ortho intramolecular Hbond substituents is 1. The second kappa shape index (κ2) is 8.70. The standard InChI is InChI=1S/C26H24O8/c1-12(2)11-32-24-15(7-6-8-17(24)31-5)16-10-19(29)34-26-21(14(4)27)23(30)20-13(3)9-18(28)33-25(20)22(16)26/h6-9,16,30H,1,10-11H2,2-5H3/t16-/m1/s1. The smallest absolute Gasteiger partial charge is 0.336 e. The van der Waals surface area contributed by atoms with Gasteiger partial charge in [0.1, 0.15) is 23.5 Å². The number of phenols is 1. The summed E-state index contributed by atoms with van der Waals surface area (Å²) in [6.07, 6.45) is -0.113. The molecule has 1 aromatic heterocycles. The molecule has 0 amide bonds. The molecular weight excluding hydrogens is 440 g/mol. The van der Waals surface area contributed by atoms with E-state index >= 15 is 0 Å². The van der Waals surface area contributed by atoms with E-state index in [4.69, 9.17) is 18.6 Å². The molecule has 0 unspecified atom stereocenters. The van der Waals surface area contributed by atoms with Gasteiger partial charge in [0.2, 0.25) is 0 Å². The number of rotatable bonds is 6. The molecule has 0 bridgehead atoms. The maximum atomic E-state index is 12.7. The third-order valence-corrected chi connectivity index (χ3v) is 5.70. The number of fused-ring (bicyclic) bond motifs is 3. The fourth-order valence-corrected chi connectivity index (χ4v) is 4.32. The van der Waals surface area contributed by atoms with Crippen LogP contribution in [0.1, 0.15) is 53.2 Å². The van der Waals surface area contributed by atoms with E-state index < -0.39 is 29.0 Å². The van der Waals surface area contributed by atoms with Crippen molar-refractivity contribution in [3.8, 4) is 23.0 Å². The quantitative estimate of drug-likeness (QED) is 0.188. The van der Waals surface area contributed by atoms with Gasteiger partial charge >= 0.3 is 11.6 Å². The van der Waals surface area contributed by atoms with E-state index in [2.05, 4.69) is 6.58 Å². The van der Waals surface area contributed by atoms with Gasteiger partial charge in [-0.25, -0.2) is 4.79 Å². The first kappa shape index (κ1) is 23.1. The van der Waals surface area contributed by atoms with Gasteiger partial charge in [-0.15, -0.1) is 0 Å². The fourth-order valence-electron chi connectivity index (χ4n) is 4.32. The number of hydrogen-bond acceptors (Lipinski definition) is 8. The lowest BCUT2D eigenvalue weighted by Crippen LogP contribution is -2.24. The molecule has 1 atom stereocenters. The van der Waals surface area contributed by atoms with Crippen LogP contribution >= 0.6 is 0 Å². The number of ketones is 1. The lowest BCUT2D eigenvalue weighted by molar-refractivity contribution is -0.135. The highest BCUT2D eigenvalue weighted by molar-refractivity contribution is 6.09. The summed E-state index contributed by atoms with van der Waals surface area (Å²) in [6, 6.07) is 6.47. The SMILES string of the molecule is C=C(C)COc1c(OC)cccc1[C@H]1CC(=O)Oc2c(C(C)=O)c(O)c3c(C)cc(=O)oc3c21. The van der Waals surface area contributed by atoms with Crippen molar-refractivity contribution in [2.45, 2.75) is 33.1 Å². The lowest BCUT2D eigenvalue weighted by Gasteiger charge is -2.29. The third kappa shape index (κ3) is 3.81. The van der Waals surface area contributed by atoms with Crippen molar-refractivity contribution in [3.05, 3.63) is 69.1 Å². The average molecular weight is 464 g/mol. The summed E-state index contributed by atoms with van der Waals surface area (Å²) < 4.78 is 22.5. The number of carbonyl (C=O) groups excluding carboxylic acids is 2. The van der Waals surface area contributed by atoms with Crippen LogP contribution in [0.3, 0.4) is 0 Å². The minimum absolute atomic E-state index is 0.0497. The Morgan fingerprint density at radius 3 is 2.65 bits per heavy atom. The first-order valence-electron chi connectivity index (χ1n) is 10.6. The maximum absolute atomic E-state index is 12.7. The summed E-state index contributed by atoms with van der Waals surface area (Å²) in [7, 11) is 1.50. The number of benzene rings is 2. The van der Waals surface area contributed by atoms with E-state index in [1.807, 2.05) is 6.92 Å². The van der Waals surface area contributed by atoms with Crippen molar-refractivity contribution in [3.63, 3.8) is 0 Å². The number of hydrogen-bond donors (Lipinski definition) is 1. The Morgan fingerprint density at radius 2 is 2.00 bits per heavy atom. The molecule has 1 N–H and O–H groups in total. The van der Waals surface area contributed by atoms with Gasteiger partial charge in [-0.05, 0) is 38.0 Å². The molecule has 2 heterocycles. The van der Waals surface area contributed by atoms with Gasteiger partial charge < -0.3 is 23.7 Å². The van der Waals surface area contributed by atoms with Crippen molar-refractivity contribution >= 4 is 22.7 Å². The molecule has 0 aliphatic carbocycles. The highest BCUT2D eigenvalue weighted by Gasteiger charge is 2.38. The number of carbonyl (C=O) groups is 2. The second-order valence-corrected chi connectivity index (χ2v) is 8.33. The largest absolute Gasteiger partial charge is 0.506 e. The van der Waals surface area contributed by atoms with Crippen molar-refractivity contribution < 1.29 is 33.3 Å². The molecule has 0 spiro atoms. The number of aryl methyl sites for hydroxylation is 1. The van der Waals surface area contributed by atoms with Gasteiger partial charge in [0.25, 0.3) is 0 Å². The molecule has 0 fully saturated rings. The molecular formula is C26H24O8. The van der Waals surface area contributed by atoms with Crippen LogP contribution in [-0.2, 0) is 4.79 Å². The Hall–Kier alpha value is -4.07. The number of para-hydroxylation sites is 1. The van der Waals surface area contributed by atoms with Crippen LogP contribution in [0, 0.1) is 6.92 Å². The van der Waals surface area contributed by atoms with Crippen LogP contribution in [0.2, 0.25) is 0 Å². The molecule has 1 aliphatic heterocycles. The second-order valence-electron chi connectivity index (χ2n) is 8.33. The van der Waals surface area contributed by atoms with Gasteiger partial charge in [0.05, 0.1) is 18.9 Å². The number of methoxy groups -OCH3 is 1.